The maximum absolute atomic E-state index is 12.6. The van der Waals surface area contributed by atoms with Crippen LogP contribution in [0.4, 0.5) is 13.2 Å². The monoisotopic (exact) mass is 416 g/mol. The first-order valence-electron chi connectivity index (χ1n) is 8.97. The summed E-state index contributed by atoms with van der Waals surface area (Å²) >= 11 is 6.38. The van der Waals surface area contributed by atoms with Crippen molar-refractivity contribution in [3.63, 3.8) is 0 Å². The quantitative estimate of drug-likeness (QED) is 0.443. The van der Waals surface area contributed by atoms with E-state index in [1.807, 2.05) is 30.5 Å². The molecule has 0 saturated heterocycles. The van der Waals surface area contributed by atoms with Crippen molar-refractivity contribution < 1.29 is 13.2 Å². The van der Waals surface area contributed by atoms with Crippen LogP contribution >= 0.6 is 11.6 Å². The van der Waals surface area contributed by atoms with Crippen LogP contribution in [0.5, 0.6) is 0 Å². The number of alkyl halides is 3. The predicted molar refractivity (Wildman–Crippen MR) is 105 cm³/mol. The maximum Gasteiger partial charge on any atom is 0.433 e. The predicted octanol–water partition coefficient (Wildman–Crippen LogP) is 5.40. The maximum atomic E-state index is 12.6. The summed E-state index contributed by atoms with van der Waals surface area (Å²) in [6.45, 7) is 0. The van der Waals surface area contributed by atoms with Crippen LogP contribution < -0.4 is 0 Å². The Kier molecular flexibility index (Phi) is 5.24. The van der Waals surface area contributed by atoms with Gasteiger partial charge in [-0.25, -0.2) is 9.97 Å². The van der Waals surface area contributed by atoms with Crippen molar-refractivity contribution in [1.29, 1.82) is 0 Å². The normalized spacial score (nSPS) is 11.9. The molecule has 0 amide bonds. The van der Waals surface area contributed by atoms with Gasteiger partial charge in [-0.2, -0.15) is 13.2 Å². The summed E-state index contributed by atoms with van der Waals surface area (Å²) in [6.07, 6.45) is 2.19. The minimum atomic E-state index is -4.43. The first kappa shape index (κ1) is 19.4. The lowest BCUT2D eigenvalue weighted by Gasteiger charge is -2.08. The number of halogens is 4. The summed E-state index contributed by atoms with van der Waals surface area (Å²) < 4.78 is 37.7. The molecule has 0 atom stereocenters. The molecule has 4 heterocycles. The summed E-state index contributed by atoms with van der Waals surface area (Å²) in [5, 5.41) is 1.47. The Morgan fingerprint density at radius 1 is 0.966 bits per heavy atom. The SMILES string of the molecule is FC(F)(F)c1ccc(CCc2ccc(Cc3c[nH]c4ncccc34)c(Cl)n2)cn1. The second kappa shape index (κ2) is 7.83. The third-order valence-electron chi connectivity index (χ3n) is 4.69. The van der Waals surface area contributed by atoms with Gasteiger partial charge >= 0.3 is 6.18 Å². The van der Waals surface area contributed by atoms with Gasteiger partial charge in [0.25, 0.3) is 0 Å². The Hall–Kier alpha value is -2.93. The molecule has 4 rings (SSSR count). The molecule has 4 aromatic heterocycles. The van der Waals surface area contributed by atoms with E-state index >= 15 is 0 Å². The number of H-pyrrole nitrogens is 1. The van der Waals surface area contributed by atoms with Crippen molar-refractivity contribution in [2.24, 2.45) is 0 Å². The standard InChI is InChI=1S/C21H16ClF3N4/c22-19-14(10-15-12-28-20-17(15)2-1-9-26-20)5-7-16(29-19)6-3-13-4-8-18(27-11-13)21(23,24)25/h1-2,4-5,7-9,11-12H,3,6,10H2,(H,26,28). The summed E-state index contributed by atoms with van der Waals surface area (Å²) in [7, 11) is 0. The minimum Gasteiger partial charge on any atom is -0.346 e. The molecule has 4 aromatic rings. The fourth-order valence-corrected chi connectivity index (χ4v) is 3.39. The average molecular weight is 417 g/mol. The molecule has 1 N–H and O–H groups in total. The van der Waals surface area contributed by atoms with E-state index in [4.69, 9.17) is 11.6 Å². The van der Waals surface area contributed by atoms with Crippen molar-refractivity contribution in [2.75, 3.05) is 0 Å². The van der Waals surface area contributed by atoms with Crippen LogP contribution in [0.25, 0.3) is 11.0 Å². The van der Waals surface area contributed by atoms with Crippen molar-refractivity contribution in [3.8, 4) is 0 Å². The number of rotatable bonds is 5. The number of nitrogens with one attached hydrogen (secondary N) is 1. The van der Waals surface area contributed by atoms with Gasteiger partial charge in [0.05, 0.1) is 0 Å². The van der Waals surface area contributed by atoms with Gasteiger partial charge in [-0.1, -0.05) is 23.7 Å². The molecule has 8 heteroatoms. The van der Waals surface area contributed by atoms with Gasteiger partial charge in [-0.3, -0.25) is 4.98 Å². The first-order valence-corrected chi connectivity index (χ1v) is 9.35. The number of aromatic nitrogens is 4. The topological polar surface area (TPSA) is 54.5 Å². The third-order valence-corrected chi connectivity index (χ3v) is 5.01. The Balaban J connectivity index is 1.43. The highest BCUT2D eigenvalue weighted by molar-refractivity contribution is 6.30. The summed E-state index contributed by atoms with van der Waals surface area (Å²) in [4.78, 5) is 15.3. The third kappa shape index (κ3) is 4.40. The van der Waals surface area contributed by atoms with E-state index in [0.29, 0.717) is 30.0 Å². The second-order valence-electron chi connectivity index (χ2n) is 6.69. The average Bonchev–Trinajstić information content (AvgIpc) is 3.11. The summed E-state index contributed by atoms with van der Waals surface area (Å²) in [6, 6.07) is 10.2. The van der Waals surface area contributed by atoms with Crippen LogP contribution in [-0.2, 0) is 25.4 Å². The molecule has 148 valence electrons. The fourth-order valence-electron chi connectivity index (χ4n) is 3.15. The number of pyridine rings is 3. The van der Waals surface area contributed by atoms with Gasteiger partial charge in [0.1, 0.15) is 16.5 Å². The molecule has 29 heavy (non-hydrogen) atoms. The molecule has 0 radical (unpaired) electrons. The number of hydrogen-bond donors (Lipinski definition) is 1. The van der Waals surface area contributed by atoms with Gasteiger partial charge in [-0.15, -0.1) is 0 Å². The van der Waals surface area contributed by atoms with Crippen LogP contribution in [0.2, 0.25) is 5.15 Å². The Morgan fingerprint density at radius 3 is 2.55 bits per heavy atom. The van der Waals surface area contributed by atoms with Gasteiger partial charge in [0, 0.05) is 36.1 Å². The van der Waals surface area contributed by atoms with Crippen LogP contribution in [0.1, 0.15) is 28.1 Å². The van der Waals surface area contributed by atoms with Gasteiger partial charge in [0.15, 0.2) is 0 Å². The van der Waals surface area contributed by atoms with E-state index in [-0.39, 0.29) is 0 Å². The van der Waals surface area contributed by atoms with E-state index in [0.717, 1.165) is 33.9 Å². The van der Waals surface area contributed by atoms with Crippen LogP contribution in [0.3, 0.4) is 0 Å². The molecule has 0 aliphatic rings. The molecule has 0 aliphatic carbocycles. The molecule has 0 fully saturated rings. The van der Waals surface area contributed by atoms with Crippen molar-refractivity contribution in [2.45, 2.75) is 25.4 Å². The zero-order valence-electron chi connectivity index (χ0n) is 15.2. The van der Waals surface area contributed by atoms with E-state index in [9.17, 15) is 13.2 Å². The highest BCUT2D eigenvalue weighted by Gasteiger charge is 2.31. The number of nitrogens with zero attached hydrogens (tertiary/aromatic N) is 3. The number of fused-ring (bicyclic) bond motifs is 1. The first-order chi connectivity index (χ1) is 13.9. The highest BCUT2D eigenvalue weighted by atomic mass is 35.5. The van der Waals surface area contributed by atoms with Gasteiger partial charge in [-0.05, 0) is 53.8 Å². The molecule has 0 aromatic carbocycles. The van der Waals surface area contributed by atoms with Crippen molar-refractivity contribution in [3.05, 3.63) is 88.2 Å². The molecule has 0 bridgehead atoms. The van der Waals surface area contributed by atoms with Crippen LogP contribution in [-0.4, -0.2) is 19.9 Å². The number of hydrogen-bond acceptors (Lipinski definition) is 3. The second-order valence-corrected chi connectivity index (χ2v) is 7.05. The Morgan fingerprint density at radius 2 is 1.83 bits per heavy atom. The fraction of sp³-hybridized carbons (Fsp3) is 0.190. The molecular formula is C21H16ClF3N4. The molecule has 0 aliphatic heterocycles. The van der Waals surface area contributed by atoms with Crippen LogP contribution in [0, 0.1) is 0 Å². The zero-order chi connectivity index (χ0) is 20.4. The van der Waals surface area contributed by atoms with Crippen molar-refractivity contribution >= 4 is 22.6 Å². The van der Waals surface area contributed by atoms with E-state index in [1.165, 1.54) is 12.3 Å². The lowest BCUT2D eigenvalue weighted by molar-refractivity contribution is -0.141. The Labute approximate surface area is 169 Å². The minimum absolute atomic E-state index is 0.422. The smallest absolute Gasteiger partial charge is 0.346 e. The lowest BCUT2D eigenvalue weighted by atomic mass is 10.1. The number of aryl methyl sites for hydroxylation is 2. The molecule has 0 unspecified atom stereocenters. The van der Waals surface area contributed by atoms with E-state index in [1.54, 1.807) is 6.20 Å². The number of aromatic amines is 1. The van der Waals surface area contributed by atoms with Gasteiger partial charge in [0.2, 0.25) is 0 Å². The summed E-state index contributed by atoms with van der Waals surface area (Å²) in [5.41, 5.74) is 3.41. The van der Waals surface area contributed by atoms with Crippen LogP contribution in [0.15, 0.2) is 55.0 Å². The molecule has 0 spiro atoms. The highest BCUT2D eigenvalue weighted by Crippen LogP contribution is 2.27. The summed E-state index contributed by atoms with van der Waals surface area (Å²) in [5.74, 6) is 0. The van der Waals surface area contributed by atoms with E-state index < -0.39 is 11.9 Å². The zero-order valence-corrected chi connectivity index (χ0v) is 15.9. The van der Waals surface area contributed by atoms with Gasteiger partial charge < -0.3 is 4.98 Å². The Bertz CT molecular complexity index is 1140. The lowest BCUT2D eigenvalue weighted by Crippen LogP contribution is -2.08. The van der Waals surface area contributed by atoms with E-state index in [2.05, 4.69) is 19.9 Å². The van der Waals surface area contributed by atoms with Crippen molar-refractivity contribution in [1.82, 2.24) is 19.9 Å². The molecule has 4 nitrogen and oxygen atoms in total. The molecular weight excluding hydrogens is 401 g/mol. The molecule has 0 saturated carbocycles. The largest absolute Gasteiger partial charge is 0.433 e.